The van der Waals surface area contributed by atoms with E-state index in [2.05, 4.69) is 16.5 Å². The normalized spacial score (nSPS) is 14.1. The van der Waals surface area contributed by atoms with Crippen molar-refractivity contribution in [2.24, 2.45) is 0 Å². The predicted octanol–water partition coefficient (Wildman–Crippen LogP) is 4.20. The van der Waals surface area contributed by atoms with Gasteiger partial charge < -0.3 is 5.11 Å². The molecule has 2 rings (SSSR count). The summed E-state index contributed by atoms with van der Waals surface area (Å²) in [6.45, 7) is 5.48. The molecule has 114 valence electrons. The first kappa shape index (κ1) is 16.0. The number of allylic oxidation sites excluding steroid dienone is 1. The molecule has 1 N–H and O–H groups in total. The maximum Gasteiger partial charge on any atom is 0.340 e. The van der Waals surface area contributed by atoms with Crippen molar-refractivity contribution in [3.05, 3.63) is 29.7 Å². The quantitative estimate of drug-likeness (QED) is 0.320. The number of carboxylic acid groups (broad SMARTS) is 1. The van der Waals surface area contributed by atoms with Gasteiger partial charge in [0.2, 0.25) is 0 Å². The number of aryl methyl sites for hydroxylation is 1. The van der Waals surface area contributed by atoms with Crippen LogP contribution in [0.5, 0.6) is 0 Å². The van der Waals surface area contributed by atoms with Crippen molar-refractivity contribution < 1.29 is 9.90 Å². The molecule has 0 bridgehead atoms. The Kier molecular flexibility index (Phi) is 5.79. The molecule has 1 saturated carbocycles. The molecule has 0 unspecified atom stereocenters. The topological polar surface area (TPSA) is 63.1 Å². The highest BCUT2D eigenvalue weighted by molar-refractivity contribution is 7.99. The lowest BCUT2D eigenvalue weighted by Gasteiger charge is -2.09. The second-order valence-electron chi connectivity index (χ2n) is 5.41. The zero-order valence-corrected chi connectivity index (χ0v) is 13.3. The van der Waals surface area contributed by atoms with Crippen LogP contribution >= 0.6 is 11.8 Å². The Morgan fingerprint density at radius 2 is 2.14 bits per heavy atom. The summed E-state index contributed by atoms with van der Waals surface area (Å²) in [6.07, 6.45) is 8.58. The number of carbonyl (C=O) groups is 1. The van der Waals surface area contributed by atoms with Crippen LogP contribution in [0.4, 0.5) is 0 Å². The van der Waals surface area contributed by atoms with E-state index in [0.717, 1.165) is 50.1 Å². The van der Waals surface area contributed by atoms with Crippen LogP contribution in [-0.4, -0.2) is 26.8 Å². The van der Waals surface area contributed by atoms with Crippen molar-refractivity contribution in [2.75, 3.05) is 5.75 Å². The average Bonchev–Trinajstić information content (AvgIpc) is 3.26. The largest absolute Gasteiger partial charge is 0.478 e. The molecule has 1 aliphatic carbocycles. The zero-order valence-electron chi connectivity index (χ0n) is 12.5. The lowest BCUT2D eigenvalue weighted by Crippen LogP contribution is -2.09. The van der Waals surface area contributed by atoms with Crippen molar-refractivity contribution in [3.63, 3.8) is 0 Å². The number of carboxylic acids is 1. The SMILES string of the molecule is C=CCCCCCSc1nc(C2CC2)nc(C)c1C(=O)O. The summed E-state index contributed by atoms with van der Waals surface area (Å²) < 4.78 is 0. The van der Waals surface area contributed by atoms with Gasteiger partial charge in [-0.1, -0.05) is 12.5 Å². The first-order valence-corrected chi connectivity index (χ1v) is 8.47. The molecule has 0 aromatic carbocycles. The third-order valence-electron chi connectivity index (χ3n) is 3.52. The van der Waals surface area contributed by atoms with E-state index in [1.807, 2.05) is 6.08 Å². The number of hydrogen-bond donors (Lipinski definition) is 1. The third kappa shape index (κ3) is 4.56. The molecule has 0 spiro atoms. The summed E-state index contributed by atoms with van der Waals surface area (Å²) in [6, 6.07) is 0. The number of hydrogen-bond acceptors (Lipinski definition) is 4. The number of thioether (sulfide) groups is 1. The highest BCUT2D eigenvalue weighted by Gasteiger charge is 2.29. The van der Waals surface area contributed by atoms with Gasteiger partial charge in [0.05, 0.1) is 5.69 Å². The first-order chi connectivity index (χ1) is 10.1. The minimum absolute atomic E-state index is 0.274. The van der Waals surface area contributed by atoms with E-state index < -0.39 is 5.97 Å². The molecule has 0 saturated heterocycles. The Hall–Kier alpha value is -1.36. The Balaban J connectivity index is 2.01. The molecule has 5 heteroatoms. The highest BCUT2D eigenvalue weighted by atomic mass is 32.2. The van der Waals surface area contributed by atoms with Gasteiger partial charge in [-0.15, -0.1) is 18.3 Å². The summed E-state index contributed by atoms with van der Waals surface area (Å²) >= 11 is 1.55. The van der Waals surface area contributed by atoms with Crippen molar-refractivity contribution >= 4 is 17.7 Å². The van der Waals surface area contributed by atoms with Crippen LogP contribution < -0.4 is 0 Å². The first-order valence-electron chi connectivity index (χ1n) is 7.49. The van der Waals surface area contributed by atoms with Crippen molar-refractivity contribution in [1.29, 1.82) is 0 Å². The van der Waals surface area contributed by atoms with Crippen LogP contribution in [0.2, 0.25) is 0 Å². The summed E-state index contributed by atoms with van der Waals surface area (Å²) in [7, 11) is 0. The molecule has 0 amide bonds. The summed E-state index contributed by atoms with van der Waals surface area (Å²) in [4.78, 5) is 20.3. The minimum atomic E-state index is -0.927. The fourth-order valence-electron chi connectivity index (χ4n) is 2.18. The number of rotatable bonds is 9. The van der Waals surface area contributed by atoms with Crippen LogP contribution in [0.15, 0.2) is 17.7 Å². The maximum absolute atomic E-state index is 11.4. The second kappa shape index (κ2) is 7.59. The van der Waals surface area contributed by atoms with Gasteiger partial charge in [-0.05, 0) is 44.8 Å². The van der Waals surface area contributed by atoms with Gasteiger partial charge in [0.25, 0.3) is 0 Å². The summed E-state index contributed by atoms with van der Waals surface area (Å²) in [5.74, 6) is 1.24. The number of aromatic carboxylic acids is 1. The van der Waals surface area contributed by atoms with E-state index in [1.165, 1.54) is 0 Å². The predicted molar refractivity (Wildman–Crippen MR) is 85.1 cm³/mol. The zero-order chi connectivity index (χ0) is 15.2. The fourth-order valence-corrected chi connectivity index (χ4v) is 3.26. The maximum atomic E-state index is 11.4. The molecule has 1 aromatic heterocycles. The molecular weight excluding hydrogens is 284 g/mol. The van der Waals surface area contributed by atoms with Crippen molar-refractivity contribution in [2.45, 2.75) is 56.4 Å². The van der Waals surface area contributed by atoms with E-state index in [1.54, 1.807) is 18.7 Å². The summed E-state index contributed by atoms with van der Waals surface area (Å²) in [5, 5.41) is 10.00. The van der Waals surface area contributed by atoms with Crippen molar-refractivity contribution in [1.82, 2.24) is 9.97 Å². The van der Waals surface area contributed by atoms with E-state index in [9.17, 15) is 9.90 Å². The van der Waals surface area contributed by atoms with Crippen LogP contribution in [0, 0.1) is 6.92 Å². The number of unbranched alkanes of at least 4 members (excludes halogenated alkanes) is 3. The lowest BCUT2D eigenvalue weighted by atomic mass is 10.2. The summed E-state index contributed by atoms with van der Waals surface area (Å²) in [5.41, 5.74) is 0.865. The van der Waals surface area contributed by atoms with Gasteiger partial charge in [0.15, 0.2) is 0 Å². The third-order valence-corrected chi connectivity index (χ3v) is 4.58. The van der Waals surface area contributed by atoms with Gasteiger partial charge in [-0.3, -0.25) is 0 Å². The van der Waals surface area contributed by atoms with Gasteiger partial charge >= 0.3 is 5.97 Å². The number of nitrogens with zero attached hydrogens (tertiary/aromatic N) is 2. The highest BCUT2D eigenvalue weighted by Crippen LogP contribution is 2.39. The van der Waals surface area contributed by atoms with Crippen LogP contribution in [-0.2, 0) is 0 Å². The lowest BCUT2D eigenvalue weighted by molar-refractivity contribution is 0.0690. The smallest absolute Gasteiger partial charge is 0.340 e. The molecule has 0 aliphatic heterocycles. The standard InChI is InChI=1S/C16H22N2O2S/c1-3-4-5-6-7-10-21-15-13(16(19)20)11(2)17-14(18-15)12-8-9-12/h3,12H,1,4-10H2,2H3,(H,19,20). The molecule has 21 heavy (non-hydrogen) atoms. The van der Waals surface area contributed by atoms with Crippen LogP contribution in [0.25, 0.3) is 0 Å². The molecule has 1 aliphatic rings. The fraction of sp³-hybridized carbons (Fsp3) is 0.562. The second-order valence-corrected chi connectivity index (χ2v) is 6.50. The van der Waals surface area contributed by atoms with E-state index >= 15 is 0 Å². The molecule has 4 nitrogen and oxygen atoms in total. The van der Waals surface area contributed by atoms with Gasteiger partial charge in [0.1, 0.15) is 16.4 Å². The Morgan fingerprint density at radius 3 is 2.76 bits per heavy atom. The van der Waals surface area contributed by atoms with Crippen LogP contribution in [0.1, 0.15) is 66.3 Å². The van der Waals surface area contributed by atoms with Crippen molar-refractivity contribution in [3.8, 4) is 0 Å². The van der Waals surface area contributed by atoms with Gasteiger partial charge in [-0.25, -0.2) is 14.8 Å². The van der Waals surface area contributed by atoms with Crippen LogP contribution in [0.3, 0.4) is 0 Å². The van der Waals surface area contributed by atoms with Gasteiger partial charge in [-0.2, -0.15) is 0 Å². The average molecular weight is 306 g/mol. The minimum Gasteiger partial charge on any atom is -0.478 e. The Bertz CT molecular complexity index is 527. The van der Waals surface area contributed by atoms with E-state index in [4.69, 9.17) is 0 Å². The Morgan fingerprint density at radius 1 is 1.38 bits per heavy atom. The molecule has 0 radical (unpaired) electrons. The molecular formula is C16H22N2O2S. The molecule has 1 heterocycles. The van der Waals surface area contributed by atoms with Gasteiger partial charge in [0, 0.05) is 5.92 Å². The molecule has 0 atom stereocenters. The monoisotopic (exact) mass is 306 g/mol. The Labute approximate surface area is 130 Å². The molecule has 1 aromatic rings. The van der Waals surface area contributed by atoms with E-state index in [0.29, 0.717) is 16.6 Å². The molecule has 1 fully saturated rings. The van der Waals surface area contributed by atoms with E-state index in [-0.39, 0.29) is 5.56 Å². The number of aromatic nitrogens is 2.